The number of sulfonamides is 1. The topological polar surface area (TPSA) is 66.5 Å². The number of benzene rings is 1. The lowest BCUT2D eigenvalue weighted by molar-refractivity contribution is 0.0786. The van der Waals surface area contributed by atoms with Crippen LogP contribution in [0.5, 0.6) is 0 Å². The SMILES string of the molecule is C=CS(=O)(=O)NCC1CCN(C(=O)c2cc(F)cc(F)c2)C1. The number of amides is 1. The number of nitrogens with one attached hydrogen (secondary N) is 1. The Morgan fingerprint density at radius 1 is 1.36 bits per heavy atom. The van der Waals surface area contributed by atoms with Crippen molar-refractivity contribution in [2.75, 3.05) is 19.6 Å². The Labute approximate surface area is 127 Å². The van der Waals surface area contributed by atoms with Gasteiger partial charge in [-0.15, -0.1) is 0 Å². The Bertz CT molecular complexity index is 671. The predicted octanol–water partition coefficient (Wildman–Crippen LogP) is 1.49. The van der Waals surface area contributed by atoms with Gasteiger partial charge in [-0.2, -0.15) is 0 Å². The molecule has 120 valence electrons. The monoisotopic (exact) mass is 330 g/mol. The van der Waals surface area contributed by atoms with Gasteiger partial charge in [-0.25, -0.2) is 21.9 Å². The van der Waals surface area contributed by atoms with Crippen LogP contribution in [0.15, 0.2) is 30.2 Å². The van der Waals surface area contributed by atoms with Crippen molar-refractivity contribution >= 4 is 15.9 Å². The summed E-state index contributed by atoms with van der Waals surface area (Å²) in [6, 6.07) is 2.67. The van der Waals surface area contributed by atoms with Gasteiger partial charge in [0, 0.05) is 36.7 Å². The minimum absolute atomic E-state index is 0.0444. The van der Waals surface area contributed by atoms with E-state index in [1.807, 2.05) is 0 Å². The van der Waals surface area contributed by atoms with Gasteiger partial charge < -0.3 is 4.90 Å². The lowest BCUT2D eigenvalue weighted by Gasteiger charge is -2.17. The molecule has 1 aliphatic rings. The molecule has 1 amide bonds. The Morgan fingerprint density at radius 3 is 2.59 bits per heavy atom. The number of hydrogen-bond acceptors (Lipinski definition) is 3. The van der Waals surface area contributed by atoms with Gasteiger partial charge in [0.25, 0.3) is 5.91 Å². The highest BCUT2D eigenvalue weighted by atomic mass is 32.2. The lowest BCUT2D eigenvalue weighted by atomic mass is 10.1. The third-order valence-corrected chi connectivity index (χ3v) is 4.48. The first-order chi connectivity index (χ1) is 10.3. The lowest BCUT2D eigenvalue weighted by Crippen LogP contribution is -2.32. The van der Waals surface area contributed by atoms with E-state index in [4.69, 9.17) is 0 Å². The van der Waals surface area contributed by atoms with E-state index in [-0.39, 0.29) is 18.0 Å². The van der Waals surface area contributed by atoms with Gasteiger partial charge in [-0.05, 0) is 24.5 Å². The number of rotatable bonds is 5. The fourth-order valence-corrected chi connectivity index (χ4v) is 2.92. The van der Waals surface area contributed by atoms with Crippen molar-refractivity contribution in [2.24, 2.45) is 5.92 Å². The summed E-state index contributed by atoms with van der Waals surface area (Å²) in [6.45, 7) is 4.13. The molecule has 0 aliphatic carbocycles. The molecule has 5 nitrogen and oxygen atoms in total. The molecule has 0 aromatic heterocycles. The highest BCUT2D eigenvalue weighted by molar-refractivity contribution is 7.92. The predicted molar refractivity (Wildman–Crippen MR) is 77.5 cm³/mol. The maximum Gasteiger partial charge on any atom is 0.254 e. The first-order valence-electron chi connectivity index (χ1n) is 6.68. The van der Waals surface area contributed by atoms with Crippen LogP contribution in [0.1, 0.15) is 16.8 Å². The van der Waals surface area contributed by atoms with Crippen LogP contribution >= 0.6 is 0 Å². The molecule has 1 aromatic rings. The van der Waals surface area contributed by atoms with Crippen LogP contribution in [0.25, 0.3) is 0 Å². The molecule has 1 aromatic carbocycles. The van der Waals surface area contributed by atoms with E-state index in [9.17, 15) is 22.0 Å². The molecule has 0 radical (unpaired) electrons. The Balaban J connectivity index is 1.98. The van der Waals surface area contributed by atoms with Crippen LogP contribution < -0.4 is 4.72 Å². The molecule has 0 bridgehead atoms. The first-order valence-corrected chi connectivity index (χ1v) is 8.23. The third-order valence-electron chi connectivity index (χ3n) is 3.48. The van der Waals surface area contributed by atoms with Crippen molar-refractivity contribution in [1.82, 2.24) is 9.62 Å². The van der Waals surface area contributed by atoms with E-state index in [1.54, 1.807) is 0 Å². The van der Waals surface area contributed by atoms with E-state index in [0.717, 1.165) is 17.5 Å². The van der Waals surface area contributed by atoms with Crippen LogP contribution in [-0.4, -0.2) is 38.9 Å². The highest BCUT2D eigenvalue weighted by Gasteiger charge is 2.28. The Hall–Kier alpha value is -1.80. The fraction of sp³-hybridized carbons (Fsp3) is 0.357. The summed E-state index contributed by atoms with van der Waals surface area (Å²) in [5, 5.41) is 0.820. The minimum atomic E-state index is -3.50. The summed E-state index contributed by atoms with van der Waals surface area (Å²) in [5.41, 5.74) is -0.0511. The van der Waals surface area contributed by atoms with E-state index in [0.29, 0.717) is 25.6 Å². The second kappa shape index (κ2) is 6.53. The van der Waals surface area contributed by atoms with Gasteiger partial charge in [0.2, 0.25) is 10.0 Å². The molecule has 1 heterocycles. The standard InChI is InChI=1S/C14H16F2N2O3S/c1-2-22(20,21)17-8-10-3-4-18(9-10)14(19)11-5-12(15)7-13(16)6-11/h2,5-7,10,17H,1,3-4,8-9H2. The second-order valence-corrected chi connectivity index (χ2v) is 6.84. The largest absolute Gasteiger partial charge is 0.338 e. The molecule has 1 unspecified atom stereocenters. The maximum atomic E-state index is 13.1. The molecule has 0 saturated carbocycles. The van der Waals surface area contributed by atoms with Crippen LogP contribution in [0.3, 0.4) is 0 Å². The number of likely N-dealkylation sites (tertiary alicyclic amines) is 1. The quantitative estimate of drug-likeness (QED) is 0.889. The smallest absolute Gasteiger partial charge is 0.254 e. The molecule has 1 atom stereocenters. The summed E-state index contributed by atoms with van der Waals surface area (Å²) >= 11 is 0. The number of carbonyl (C=O) groups excluding carboxylic acids is 1. The summed E-state index contributed by atoms with van der Waals surface area (Å²) in [5.74, 6) is -2.12. The van der Waals surface area contributed by atoms with Crippen LogP contribution in [0.4, 0.5) is 8.78 Å². The molecular formula is C14H16F2N2O3S. The summed E-state index contributed by atoms with van der Waals surface area (Å²) in [6.07, 6.45) is 0.614. The Morgan fingerprint density at radius 2 is 2.00 bits per heavy atom. The van der Waals surface area contributed by atoms with Crippen molar-refractivity contribution in [3.8, 4) is 0 Å². The highest BCUT2D eigenvalue weighted by Crippen LogP contribution is 2.19. The van der Waals surface area contributed by atoms with Crippen LogP contribution in [-0.2, 0) is 10.0 Å². The van der Waals surface area contributed by atoms with Gasteiger partial charge in [0.1, 0.15) is 11.6 Å². The van der Waals surface area contributed by atoms with Crippen LogP contribution in [0, 0.1) is 17.6 Å². The van der Waals surface area contributed by atoms with Crippen molar-refractivity contribution in [3.05, 3.63) is 47.4 Å². The van der Waals surface area contributed by atoms with Gasteiger partial charge in [-0.1, -0.05) is 6.58 Å². The summed E-state index contributed by atoms with van der Waals surface area (Å²) < 4.78 is 51.2. The second-order valence-electron chi connectivity index (χ2n) is 5.12. The molecule has 0 spiro atoms. The fourth-order valence-electron chi connectivity index (χ4n) is 2.34. The normalized spacial score (nSPS) is 18.5. The van der Waals surface area contributed by atoms with Crippen molar-refractivity contribution in [2.45, 2.75) is 6.42 Å². The zero-order chi connectivity index (χ0) is 16.3. The average molecular weight is 330 g/mol. The molecule has 22 heavy (non-hydrogen) atoms. The average Bonchev–Trinajstić information content (AvgIpc) is 2.92. The summed E-state index contributed by atoms with van der Waals surface area (Å²) in [4.78, 5) is 13.7. The zero-order valence-corrected chi connectivity index (χ0v) is 12.6. The Kier molecular flexibility index (Phi) is 4.92. The zero-order valence-electron chi connectivity index (χ0n) is 11.8. The number of halogens is 2. The molecule has 1 aliphatic heterocycles. The van der Waals surface area contributed by atoms with Gasteiger partial charge in [-0.3, -0.25) is 4.79 Å². The minimum Gasteiger partial charge on any atom is -0.338 e. The van der Waals surface area contributed by atoms with Crippen molar-refractivity contribution in [3.63, 3.8) is 0 Å². The number of nitrogens with zero attached hydrogens (tertiary/aromatic N) is 1. The first kappa shape index (κ1) is 16.6. The van der Waals surface area contributed by atoms with Crippen molar-refractivity contribution in [1.29, 1.82) is 0 Å². The molecule has 1 fully saturated rings. The van der Waals surface area contributed by atoms with E-state index >= 15 is 0 Å². The third kappa shape index (κ3) is 4.11. The van der Waals surface area contributed by atoms with Crippen molar-refractivity contribution < 1.29 is 22.0 Å². The molecule has 1 saturated heterocycles. The molecule has 1 N–H and O–H groups in total. The van der Waals surface area contributed by atoms with Gasteiger partial charge >= 0.3 is 0 Å². The van der Waals surface area contributed by atoms with E-state index in [2.05, 4.69) is 11.3 Å². The molecule has 2 rings (SSSR count). The van der Waals surface area contributed by atoms with Gasteiger partial charge in [0.15, 0.2) is 0 Å². The summed E-state index contributed by atoms with van der Waals surface area (Å²) in [7, 11) is -3.50. The van der Waals surface area contributed by atoms with E-state index < -0.39 is 27.6 Å². The van der Waals surface area contributed by atoms with E-state index in [1.165, 1.54) is 4.90 Å². The molecule has 8 heteroatoms. The molecular weight excluding hydrogens is 314 g/mol. The van der Waals surface area contributed by atoms with Crippen LogP contribution in [0.2, 0.25) is 0 Å². The maximum absolute atomic E-state index is 13.1. The number of carbonyl (C=O) groups is 1. The number of hydrogen-bond donors (Lipinski definition) is 1. The van der Waals surface area contributed by atoms with Gasteiger partial charge in [0.05, 0.1) is 0 Å².